The number of nitrogens with zero attached hydrogens (tertiary/aromatic N) is 2. The van der Waals surface area contributed by atoms with Crippen LogP contribution in [0.4, 0.5) is 5.69 Å². The molecule has 0 N–H and O–H groups in total. The van der Waals surface area contributed by atoms with Crippen LogP contribution in [0.5, 0.6) is 0 Å². The van der Waals surface area contributed by atoms with Crippen molar-refractivity contribution in [1.82, 2.24) is 0 Å². The van der Waals surface area contributed by atoms with E-state index in [-0.39, 0.29) is 34.6 Å². The van der Waals surface area contributed by atoms with Crippen LogP contribution in [0.2, 0.25) is 0 Å². The van der Waals surface area contributed by atoms with Gasteiger partial charge in [-0.2, -0.15) is 4.99 Å². The van der Waals surface area contributed by atoms with E-state index < -0.39 is 9.84 Å². The maximum atomic E-state index is 12.5. The van der Waals surface area contributed by atoms with Gasteiger partial charge in [-0.1, -0.05) is 43.8 Å². The highest BCUT2D eigenvalue weighted by atomic mass is 32.2. The highest BCUT2D eigenvalue weighted by molar-refractivity contribution is 8.16. The number of amidine groups is 1. The molecule has 0 aliphatic carbocycles. The van der Waals surface area contributed by atoms with Crippen LogP contribution >= 0.6 is 11.8 Å². The minimum absolute atomic E-state index is 0.0575. The fourth-order valence-corrected chi connectivity index (χ4v) is 7.42. The van der Waals surface area contributed by atoms with Gasteiger partial charge < -0.3 is 4.90 Å². The van der Waals surface area contributed by atoms with Gasteiger partial charge in [-0.3, -0.25) is 4.79 Å². The van der Waals surface area contributed by atoms with Gasteiger partial charge in [0.25, 0.3) is 5.91 Å². The first-order valence-corrected chi connectivity index (χ1v) is 11.4. The molecule has 2 fully saturated rings. The van der Waals surface area contributed by atoms with Crippen molar-refractivity contribution in [2.45, 2.75) is 44.9 Å². The first kappa shape index (κ1) is 18.5. The lowest BCUT2D eigenvalue weighted by Crippen LogP contribution is -2.38. The lowest BCUT2D eigenvalue weighted by atomic mass is 10.0. The van der Waals surface area contributed by atoms with Gasteiger partial charge >= 0.3 is 0 Å². The first-order valence-electron chi connectivity index (χ1n) is 8.70. The number of benzene rings is 1. The smallest absolute Gasteiger partial charge is 0.251 e. The SMILES string of the molecule is CCC(CC)C(=O)N=C1S[C@@H]2CS(=O)(=O)C[C@H]2N1c1ccccc1C. The maximum absolute atomic E-state index is 12.5. The summed E-state index contributed by atoms with van der Waals surface area (Å²) in [6.45, 7) is 5.99. The molecule has 0 saturated carbocycles. The van der Waals surface area contributed by atoms with Crippen LogP contribution in [-0.2, 0) is 14.6 Å². The molecule has 3 rings (SSSR count). The Hall–Kier alpha value is -1.34. The van der Waals surface area contributed by atoms with Crippen molar-refractivity contribution in [2.24, 2.45) is 10.9 Å². The van der Waals surface area contributed by atoms with E-state index in [1.165, 1.54) is 11.8 Å². The summed E-state index contributed by atoms with van der Waals surface area (Å²) in [5.74, 6) is 0.102. The van der Waals surface area contributed by atoms with Crippen LogP contribution in [0.15, 0.2) is 29.3 Å². The summed E-state index contributed by atoms with van der Waals surface area (Å²) in [5, 5.41) is 0.592. The molecule has 1 amide bonds. The van der Waals surface area contributed by atoms with Crippen molar-refractivity contribution in [3.05, 3.63) is 29.8 Å². The van der Waals surface area contributed by atoms with Gasteiger partial charge in [0.1, 0.15) is 0 Å². The third kappa shape index (κ3) is 3.62. The summed E-state index contributed by atoms with van der Waals surface area (Å²) in [6.07, 6.45) is 1.53. The summed E-state index contributed by atoms with van der Waals surface area (Å²) in [4.78, 5) is 18.9. The third-order valence-electron chi connectivity index (χ3n) is 4.98. The van der Waals surface area contributed by atoms with Crippen molar-refractivity contribution in [1.29, 1.82) is 0 Å². The van der Waals surface area contributed by atoms with Crippen molar-refractivity contribution >= 4 is 38.4 Å². The minimum atomic E-state index is -3.04. The molecular formula is C18H24N2O3S2. The average molecular weight is 381 g/mol. The number of hydrogen-bond acceptors (Lipinski definition) is 4. The van der Waals surface area contributed by atoms with Crippen molar-refractivity contribution < 1.29 is 13.2 Å². The Morgan fingerprint density at radius 2 is 1.96 bits per heavy atom. The lowest BCUT2D eigenvalue weighted by Gasteiger charge is -2.26. The average Bonchev–Trinajstić information content (AvgIpc) is 3.00. The molecule has 1 aromatic rings. The van der Waals surface area contributed by atoms with Crippen molar-refractivity contribution in [3.8, 4) is 0 Å². The molecule has 25 heavy (non-hydrogen) atoms. The Morgan fingerprint density at radius 3 is 2.60 bits per heavy atom. The zero-order valence-corrected chi connectivity index (χ0v) is 16.4. The molecule has 2 atom stereocenters. The summed E-state index contributed by atoms with van der Waals surface area (Å²) in [6, 6.07) is 7.71. The molecule has 0 spiro atoms. The molecule has 2 saturated heterocycles. The number of fused-ring (bicyclic) bond motifs is 1. The Bertz CT molecular complexity index is 800. The number of rotatable bonds is 4. The van der Waals surface area contributed by atoms with Gasteiger partial charge in [0, 0.05) is 16.9 Å². The molecule has 1 aromatic carbocycles. The molecule has 7 heteroatoms. The van der Waals surface area contributed by atoms with Gasteiger partial charge in [0.05, 0.1) is 17.5 Å². The van der Waals surface area contributed by atoms with E-state index in [9.17, 15) is 13.2 Å². The van der Waals surface area contributed by atoms with Gasteiger partial charge in [0.2, 0.25) is 0 Å². The molecule has 2 aliphatic heterocycles. The Labute approximate surface area is 153 Å². The van der Waals surface area contributed by atoms with Crippen molar-refractivity contribution in [2.75, 3.05) is 16.4 Å². The molecule has 0 aromatic heterocycles. The van der Waals surface area contributed by atoms with Crippen LogP contribution in [0.25, 0.3) is 0 Å². The van der Waals surface area contributed by atoms with E-state index >= 15 is 0 Å². The number of amides is 1. The van der Waals surface area contributed by atoms with Crippen LogP contribution < -0.4 is 4.90 Å². The van der Waals surface area contributed by atoms with E-state index in [0.29, 0.717) is 5.17 Å². The number of aryl methyl sites for hydroxylation is 1. The number of aliphatic imine (C=N–C) groups is 1. The van der Waals surface area contributed by atoms with Gasteiger partial charge in [-0.25, -0.2) is 8.42 Å². The molecular weight excluding hydrogens is 356 g/mol. The van der Waals surface area contributed by atoms with Crippen LogP contribution in [0, 0.1) is 12.8 Å². The molecule has 0 bridgehead atoms. The van der Waals surface area contributed by atoms with E-state index in [2.05, 4.69) is 4.99 Å². The normalized spacial score (nSPS) is 26.4. The summed E-state index contributed by atoms with van der Waals surface area (Å²) < 4.78 is 24.2. The van der Waals surface area contributed by atoms with Crippen LogP contribution in [0.3, 0.4) is 0 Å². The molecule has 5 nitrogen and oxygen atoms in total. The third-order valence-corrected chi connectivity index (χ3v) is 8.19. The summed E-state index contributed by atoms with van der Waals surface area (Å²) in [7, 11) is -3.04. The highest BCUT2D eigenvalue weighted by Gasteiger charge is 2.49. The largest absolute Gasteiger partial charge is 0.315 e. The second-order valence-electron chi connectivity index (χ2n) is 6.70. The number of carbonyl (C=O) groups excluding carboxylic acids is 1. The summed E-state index contributed by atoms with van der Waals surface area (Å²) in [5.41, 5.74) is 1.99. The first-order chi connectivity index (χ1) is 11.9. The predicted molar refractivity (Wildman–Crippen MR) is 104 cm³/mol. The fourth-order valence-electron chi connectivity index (χ4n) is 3.50. The van der Waals surface area contributed by atoms with Crippen LogP contribution in [0.1, 0.15) is 32.3 Å². The zero-order chi connectivity index (χ0) is 18.2. The number of anilines is 1. The number of para-hydroxylation sites is 1. The topological polar surface area (TPSA) is 66.8 Å². The lowest BCUT2D eigenvalue weighted by molar-refractivity contribution is -0.121. The van der Waals surface area contributed by atoms with E-state index in [1.807, 2.05) is 49.9 Å². The fraction of sp³-hybridized carbons (Fsp3) is 0.556. The van der Waals surface area contributed by atoms with Crippen LogP contribution in [-0.4, -0.2) is 42.3 Å². The second kappa shape index (κ2) is 7.11. The zero-order valence-electron chi connectivity index (χ0n) is 14.8. The van der Waals surface area contributed by atoms with Gasteiger partial charge in [0.15, 0.2) is 15.0 Å². The Balaban J connectivity index is 2.01. The predicted octanol–water partition coefficient (Wildman–Crippen LogP) is 3.03. The monoisotopic (exact) mass is 380 g/mol. The van der Waals surface area contributed by atoms with Crippen molar-refractivity contribution in [3.63, 3.8) is 0 Å². The Kier molecular flexibility index (Phi) is 5.25. The number of hydrogen-bond donors (Lipinski definition) is 0. The molecule has 2 heterocycles. The number of sulfone groups is 1. The van der Waals surface area contributed by atoms with E-state index in [4.69, 9.17) is 0 Å². The molecule has 0 radical (unpaired) electrons. The molecule has 0 unspecified atom stereocenters. The standard InChI is InChI=1S/C18H24N2O3S2/c1-4-13(5-2)17(21)19-18-20(14-9-7-6-8-12(14)3)15-10-25(22,23)11-16(15)24-18/h6-9,13,15-16H,4-5,10-11H2,1-3H3/t15-,16-/m1/s1. The summed E-state index contributed by atoms with van der Waals surface area (Å²) >= 11 is 1.44. The second-order valence-corrected chi connectivity index (χ2v) is 10.1. The number of thioether (sulfide) groups is 1. The van der Waals surface area contributed by atoms with Gasteiger partial charge in [-0.15, -0.1) is 0 Å². The highest BCUT2D eigenvalue weighted by Crippen LogP contribution is 2.42. The molecule has 2 aliphatic rings. The molecule has 136 valence electrons. The quantitative estimate of drug-likeness (QED) is 0.803. The maximum Gasteiger partial charge on any atom is 0.251 e. The van der Waals surface area contributed by atoms with E-state index in [1.54, 1.807) is 0 Å². The van der Waals surface area contributed by atoms with E-state index in [0.717, 1.165) is 24.1 Å². The van der Waals surface area contributed by atoms with Gasteiger partial charge in [-0.05, 0) is 31.4 Å². The Morgan fingerprint density at radius 1 is 1.28 bits per heavy atom. The number of carbonyl (C=O) groups is 1. The minimum Gasteiger partial charge on any atom is -0.315 e.